The summed E-state index contributed by atoms with van der Waals surface area (Å²) < 4.78 is 6.53. The molecule has 0 saturated heterocycles. The number of furan rings is 1. The van der Waals surface area contributed by atoms with E-state index < -0.39 is 0 Å². The number of rotatable bonds is 4. The molecule has 2 heteroatoms. The minimum atomic E-state index is 0.0629. The Balaban J connectivity index is 1.02. The van der Waals surface area contributed by atoms with E-state index in [0.717, 1.165) is 39.0 Å². The molecule has 6 atom stereocenters. The van der Waals surface area contributed by atoms with Crippen LogP contribution in [0.5, 0.6) is 0 Å². The summed E-state index contributed by atoms with van der Waals surface area (Å²) in [6.07, 6.45) is 9.18. The second kappa shape index (κ2) is 12.3. The Morgan fingerprint density at radius 2 is 1.22 bits per heavy atom. The fraction of sp³-hybridized carbons (Fsp3) is 0.263. The normalized spacial score (nSPS) is 25.8. The van der Waals surface area contributed by atoms with Crippen molar-refractivity contribution in [3.63, 3.8) is 0 Å². The first-order valence-electron chi connectivity index (χ1n) is 22.3. The van der Waals surface area contributed by atoms with E-state index in [-0.39, 0.29) is 10.8 Å². The highest BCUT2D eigenvalue weighted by Crippen LogP contribution is 2.67. The van der Waals surface area contributed by atoms with Crippen molar-refractivity contribution in [3.05, 3.63) is 174 Å². The van der Waals surface area contributed by atoms with E-state index in [4.69, 9.17) is 4.42 Å². The van der Waals surface area contributed by atoms with Crippen LogP contribution in [0.3, 0.4) is 0 Å². The van der Waals surface area contributed by atoms with Crippen LogP contribution in [0.4, 0.5) is 17.1 Å². The summed E-state index contributed by atoms with van der Waals surface area (Å²) in [4.78, 5) is 2.59. The molecule has 8 aromatic rings. The third-order valence-corrected chi connectivity index (χ3v) is 16.2. The van der Waals surface area contributed by atoms with Crippen molar-refractivity contribution in [1.82, 2.24) is 0 Å². The first kappa shape index (κ1) is 34.0. The standard InChI is InChI=1S/C57H49NO/c1-35-21-22-36(2)56(33-35)48-16-6-3-11-43(48)47-32-41(29-30-50(47)56)58(40-27-24-38(25-28-40)42-14-9-15-45-44-12-5-8-20-53(44)59-55(42)45)52-19-10-18-51-54(52)46-13-4-7-17-49(46)57(51)34-37-23-26-39(57)31-37/h3-20,24-25,27-30,32,35-37,39H,21-23,26,31,33-34H2,1-2H3/t35-,36+,37?,39?,56+,57?/m1/s1. The highest BCUT2D eigenvalue weighted by Gasteiger charge is 2.57. The molecule has 3 unspecified atom stereocenters. The Kier molecular flexibility index (Phi) is 7.12. The fourth-order valence-electron chi connectivity index (χ4n) is 13.7. The van der Waals surface area contributed by atoms with Crippen molar-refractivity contribution in [2.24, 2.45) is 23.7 Å². The first-order chi connectivity index (χ1) is 29.0. The van der Waals surface area contributed by atoms with Gasteiger partial charge in [-0.1, -0.05) is 142 Å². The zero-order chi connectivity index (χ0) is 39.0. The van der Waals surface area contributed by atoms with Gasteiger partial charge in [0.2, 0.25) is 0 Å². The van der Waals surface area contributed by atoms with Gasteiger partial charge in [0.15, 0.2) is 0 Å². The van der Waals surface area contributed by atoms with E-state index in [1.165, 1.54) is 95.4 Å². The van der Waals surface area contributed by atoms with Crippen molar-refractivity contribution in [2.75, 3.05) is 4.90 Å². The Morgan fingerprint density at radius 1 is 0.525 bits per heavy atom. The van der Waals surface area contributed by atoms with Gasteiger partial charge in [0.1, 0.15) is 11.2 Å². The molecule has 5 aliphatic rings. The molecule has 0 N–H and O–H groups in total. The summed E-state index contributed by atoms with van der Waals surface area (Å²) in [5.74, 6) is 2.84. The number of hydrogen-bond donors (Lipinski definition) is 0. The lowest BCUT2D eigenvalue weighted by Crippen LogP contribution is -2.38. The Labute approximate surface area is 347 Å². The molecule has 0 aliphatic heterocycles. The van der Waals surface area contributed by atoms with Crippen LogP contribution in [0.15, 0.2) is 156 Å². The highest BCUT2D eigenvalue weighted by atomic mass is 16.3. The van der Waals surface area contributed by atoms with Gasteiger partial charge in [-0.05, 0) is 137 Å². The van der Waals surface area contributed by atoms with Gasteiger partial charge in [-0.2, -0.15) is 0 Å². The number of para-hydroxylation sites is 2. The molecular weight excluding hydrogens is 715 g/mol. The van der Waals surface area contributed by atoms with Gasteiger partial charge < -0.3 is 9.32 Å². The van der Waals surface area contributed by atoms with E-state index >= 15 is 0 Å². The second-order valence-electron chi connectivity index (χ2n) is 19.0. The van der Waals surface area contributed by atoms with Gasteiger partial charge in [-0.15, -0.1) is 0 Å². The van der Waals surface area contributed by atoms with Crippen LogP contribution in [-0.4, -0.2) is 0 Å². The van der Waals surface area contributed by atoms with Crippen molar-refractivity contribution in [1.29, 1.82) is 0 Å². The van der Waals surface area contributed by atoms with Crippen LogP contribution in [0.1, 0.15) is 81.0 Å². The van der Waals surface area contributed by atoms with Crippen molar-refractivity contribution >= 4 is 39.0 Å². The zero-order valence-corrected chi connectivity index (χ0v) is 34.0. The smallest absolute Gasteiger partial charge is 0.143 e. The van der Waals surface area contributed by atoms with Gasteiger partial charge >= 0.3 is 0 Å². The largest absolute Gasteiger partial charge is 0.455 e. The molecule has 5 aliphatic carbocycles. The van der Waals surface area contributed by atoms with Gasteiger partial charge in [0.25, 0.3) is 0 Å². The van der Waals surface area contributed by atoms with E-state index in [2.05, 4.69) is 170 Å². The Morgan fingerprint density at radius 3 is 2.05 bits per heavy atom. The predicted octanol–water partition coefficient (Wildman–Crippen LogP) is 15.5. The Hall–Kier alpha value is -5.86. The lowest BCUT2D eigenvalue weighted by Gasteiger charge is -2.44. The molecule has 2 nitrogen and oxygen atoms in total. The van der Waals surface area contributed by atoms with Crippen LogP contribution < -0.4 is 4.90 Å². The molecule has 1 heterocycles. The van der Waals surface area contributed by atoms with E-state index in [1.807, 2.05) is 0 Å². The average molecular weight is 764 g/mol. The molecular formula is C57H49NO. The molecule has 0 radical (unpaired) electrons. The summed E-state index contributed by atoms with van der Waals surface area (Å²) in [7, 11) is 0. The number of fused-ring (bicyclic) bond motifs is 16. The first-order valence-corrected chi connectivity index (χ1v) is 22.3. The number of hydrogen-bond acceptors (Lipinski definition) is 2. The van der Waals surface area contributed by atoms with Gasteiger partial charge in [0.05, 0.1) is 5.69 Å². The van der Waals surface area contributed by atoms with Crippen LogP contribution in [-0.2, 0) is 10.8 Å². The lowest BCUT2D eigenvalue weighted by molar-refractivity contribution is 0.197. The van der Waals surface area contributed by atoms with E-state index in [0.29, 0.717) is 17.8 Å². The molecule has 2 bridgehead atoms. The fourth-order valence-corrected chi connectivity index (χ4v) is 13.7. The molecule has 13 rings (SSSR count). The molecule has 3 fully saturated rings. The maximum absolute atomic E-state index is 6.53. The van der Waals surface area contributed by atoms with Crippen molar-refractivity contribution in [3.8, 4) is 33.4 Å². The summed E-state index contributed by atoms with van der Waals surface area (Å²) in [6.45, 7) is 4.99. The molecule has 288 valence electrons. The van der Waals surface area contributed by atoms with E-state index in [9.17, 15) is 0 Å². The lowest BCUT2D eigenvalue weighted by atomic mass is 9.59. The van der Waals surface area contributed by atoms with Crippen LogP contribution in [0.25, 0.3) is 55.3 Å². The summed E-state index contributed by atoms with van der Waals surface area (Å²) in [5.41, 5.74) is 19.9. The van der Waals surface area contributed by atoms with E-state index in [1.54, 1.807) is 11.1 Å². The summed E-state index contributed by atoms with van der Waals surface area (Å²) in [5, 5.41) is 2.32. The van der Waals surface area contributed by atoms with Crippen LogP contribution >= 0.6 is 0 Å². The second-order valence-corrected chi connectivity index (χ2v) is 19.0. The highest BCUT2D eigenvalue weighted by molar-refractivity contribution is 6.09. The topological polar surface area (TPSA) is 16.4 Å². The maximum Gasteiger partial charge on any atom is 0.143 e. The number of benzene rings is 7. The predicted molar refractivity (Wildman–Crippen MR) is 244 cm³/mol. The SMILES string of the molecule is C[C@@H]1CC[C@H](C)[C@@]2(C1)c1ccccc1-c1cc(N(c3ccc(-c4cccc5c4oc4ccccc45)cc3)c3cccc4c3-c3ccccc3C43CC4CCC3C4)ccc12. The van der Waals surface area contributed by atoms with Crippen LogP contribution in [0, 0.1) is 23.7 Å². The molecule has 2 spiro atoms. The van der Waals surface area contributed by atoms with Crippen molar-refractivity contribution < 1.29 is 4.42 Å². The minimum absolute atomic E-state index is 0.0629. The molecule has 7 aromatic carbocycles. The maximum atomic E-state index is 6.53. The Bertz CT molecular complexity index is 3010. The third-order valence-electron chi connectivity index (χ3n) is 16.2. The van der Waals surface area contributed by atoms with Crippen molar-refractivity contribution in [2.45, 2.75) is 69.6 Å². The molecule has 59 heavy (non-hydrogen) atoms. The monoisotopic (exact) mass is 763 g/mol. The summed E-state index contributed by atoms with van der Waals surface area (Å²) >= 11 is 0. The van der Waals surface area contributed by atoms with Crippen LogP contribution in [0.2, 0.25) is 0 Å². The minimum Gasteiger partial charge on any atom is -0.455 e. The number of nitrogens with zero attached hydrogens (tertiary/aromatic N) is 1. The molecule has 3 saturated carbocycles. The summed E-state index contributed by atoms with van der Waals surface area (Å²) in [6, 6.07) is 57.8. The van der Waals surface area contributed by atoms with Gasteiger partial charge in [-0.25, -0.2) is 0 Å². The van der Waals surface area contributed by atoms with Gasteiger partial charge in [-0.3, -0.25) is 0 Å². The third kappa shape index (κ3) is 4.53. The quantitative estimate of drug-likeness (QED) is 0.177. The van der Waals surface area contributed by atoms with Gasteiger partial charge in [0, 0.05) is 44.1 Å². The number of anilines is 3. The molecule has 0 amide bonds. The zero-order valence-electron chi connectivity index (χ0n) is 34.0. The average Bonchev–Trinajstić information content (AvgIpc) is 4.10. The molecule has 1 aromatic heterocycles.